The Hall–Kier alpha value is -4.20. The lowest BCUT2D eigenvalue weighted by atomic mass is 10.1. The minimum Gasteiger partial charge on any atom is -0.497 e. The maximum absolute atomic E-state index is 13.5. The minimum atomic E-state index is -0.310. The van der Waals surface area contributed by atoms with Crippen molar-refractivity contribution in [2.45, 2.75) is 19.9 Å². The zero-order chi connectivity index (χ0) is 24.2. The number of nitrogens with zero attached hydrogens (tertiary/aromatic N) is 4. The van der Waals surface area contributed by atoms with Gasteiger partial charge in [-0.3, -0.25) is 9.59 Å². The van der Waals surface area contributed by atoms with E-state index in [4.69, 9.17) is 9.72 Å². The Morgan fingerprint density at radius 3 is 2.56 bits per heavy atom. The monoisotopic (exact) mass is 457 g/mol. The molecule has 0 aliphatic heterocycles. The number of hydrogen-bond donors (Lipinski definition) is 1. The van der Waals surface area contributed by atoms with E-state index in [0.29, 0.717) is 33.7 Å². The summed E-state index contributed by atoms with van der Waals surface area (Å²) >= 11 is 0. The molecule has 0 bridgehead atoms. The normalized spacial score (nSPS) is 11.0. The van der Waals surface area contributed by atoms with Crippen molar-refractivity contribution in [3.05, 3.63) is 72.4 Å². The van der Waals surface area contributed by atoms with Crippen LogP contribution in [0.3, 0.4) is 0 Å². The van der Waals surface area contributed by atoms with Gasteiger partial charge in [0.25, 0.3) is 5.91 Å². The molecule has 4 aromatic rings. The third kappa shape index (κ3) is 4.76. The van der Waals surface area contributed by atoms with Gasteiger partial charge in [-0.15, -0.1) is 0 Å². The number of hydrogen-bond acceptors (Lipinski definition) is 5. The highest BCUT2D eigenvalue weighted by Gasteiger charge is 2.22. The molecule has 2 aromatic heterocycles. The van der Waals surface area contributed by atoms with Crippen LogP contribution in [-0.4, -0.2) is 52.2 Å². The van der Waals surface area contributed by atoms with Crippen LogP contribution in [0.4, 0.5) is 5.69 Å². The lowest BCUT2D eigenvalue weighted by molar-refractivity contribution is -0.116. The van der Waals surface area contributed by atoms with Gasteiger partial charge < -0.3 is 15.0 Å². The molecule has 8 heteroatoms. The average molecular weight is 458 g/mol. The second-order valence-electron chi connectivity index (χ2n) is 8.28. The number of ether oxygens (including phenoxy) is 1. The molecule has 0 saturated heterocycles. The molecule has 0 fully saturated rings. The molecular formula is C26H27N5O3. The molecule has 8 nitrogen and oxygen atoms in total. The van der Waals surface area contributed by atoms with Gasteiger partial charge in [-0.1, -0.05) is 36.4 Å². The largest absolute Gasteiger partial charge is 0.497 e. The summed E-state index contributed by atoms with van der Waals surface area (Å²) in [5.74, 6) is 0.0428. The number of fused-ring (bicyclic) bond motifs is 1. The summed E-state index contributed by atoms with van der Waals surface area (Å²) in [5, 5.41) is 7.91. The quantitative estimate of drug-likeness (QED) is 0.444. The SMILES string of the molecule is COc1cccc(NC(=O)CN(C)C(=O)c2cc(-c3ccccc3)nc3c2cnn3C(C)C)c1. The Kier molecular flexibility index (Phi) is 6.58. The van der Waals surface area contributed by atoms with Crippen LogP contribution in [0.1, 0.15) is 30.2 Å². The molecule has 0 unspecified atom stereocenters. The smallest absolute Gasteiger partial charge is 0.254 e. The number of carbonyl (C=O) groups excluding carboxylic acids is 2. The Labute approximate surface area is 198 Å². The van der Waals surface area contributed by atoms with Crippen molar-refractivity contribution in [2.75, 3.05) is 26.0 Å². The van der Waals surface area contributed by atoms with Crippen molar-refractivity contribution in [2.24, 2.45) is 0 Å². The van der Waals surface area contributed by atoms with E-state index in [1.54, 1.807) is 55.4 Å². The van der Waals surface area contributed by atoms with Crippen molar-refractivity contribution in [1.29, 1.82) is 0 Å². The molecule has 2 amide bonds. The predicted molar refractivity (Wildman–Crippen MR) is 132 cm³/mol. The summed E-state index contributed by atoms with van der Waals surface area (Å²) in [6.45, 7) is 3.92. The number of aromatic nitrogens is 3. The number of anilines is 1. The van der Waals surface area contributed by atoms with Gasteiger partial charge in [0.2, 0.25) is 5.91 Å². The third-order valence-electron chi connectivity index (χ3n) is 5.44. The fourth-order valence-electron chi connectivity index (χ4n) is 3.72. The first kappa shape index (κ1) is 23.0. The zero-order valence-corrected chi connectivity index (χ0v) is 19.6. The van der Waals surface area contributed by atoms with Crippen molar-refractivity contribution in [3.63, 3.8) is 0 Å². The number of benzene rings is 2. The van der Waals surface area contributed by atoms with Crippen LogP contribution in [-0.2, 0) is 4.79 Å². The summed E-state index contributed by atoms with van der Waals surface area (Å²) in [6, 6.07) is 18.6. The summed E-state index contributed by atoms with van der Waals surface area (Å²) in [7, 11) is 3.17. The average Bonchev–Trinajstić information content (AvgIpc) is 3.28. The highest BCUT2D eigenvalue weighted by Crippen LogP contribution is 2.27. The van der Waals surface area contributed by atoms with Gasteiger partial charge in [0.05, 0.1) is 36.5 Å². The number of rotatable bonds is 7. The molecule has 34 heavy (non-hydrogen) atoms. The number of carbonyl (C=O) groups is 2. The fourth-order valence-corrected chi connectivity index (χ4v) is 3.72. The van der Waals surface area contributed by atoms with Crippen LogP contribution in [0.25, 0.3) is 22.3 Å². The molecule has 0 aliphatic carbocycles. The number of nitrogens with one attached hydrogen (secondary N) is 1. The number of amides is 2. The number of likely N-dealkylation sites (N-methyl/N-ethyl adjacent to an activating group) is 1. The standard InChI is InChI=1S/C26H27N5O3/c1-17(2)31-25-22(15-27-31)21(14-23(29-25)18-9-6-5-7-10-18)26(33)30(3)16-24(32)28-19-11-8-12-20(13-19)34-4/h5-15,17H,16H2,1-4H3,(H,28,32). The van der Waals surface area contributed by atoms with E-state index in [1.165, 1.54) is 4.90 Å². The Morgan fingerprint density at radius 2 is 1.85 bits per heavy atom. The van der Waals surface area contributed by atoms with Gasteiger partial charge >= 0.3 is 0 Å². The molecule has 174 valence electrons. The van der Waals surface area contributed by atoms with Crippen molar-refractivity contribution in [1.82, 2.24) is 19.7 Å². The second-order valence-corrected chi connectivity index (χ2v) is 8.28. The maximum atomic E-state index is 13.5. The van der Waals surface area contributed by atoms with Crippen molar-refractivity contribution in [3.8, 4) is 17.0 Å². The highest BCUT2D eigenvalue weighted by molar-refractivity contribution is 6.07. The van der Waals surface area contributed by atoms with Crippen molar-refractivity contribution >= 4 is 28.5 Å². The first-order chi connectivity index (χ1) is 16.4. The molecule has 2 heterocycles. The predicted octanol–water partition coefficient (Wildman–Crippen LogP) is 4.40. The molecule has 0 atom stereocenters. The molecule has 0 spiro atoms. The van der Waals surface area contributed by atoms with E-state index < -0.39 is 0 Å². The van der Waals surface area contributed by atoms with Crippen LogP contribution >= 0.6 is 0 Å². The Morgan fingerprint density at radius 1 is 1.09 bits per heavy atom. The molecule has 1 N–H and O–H groups in total. The molecule has 0 aliphatic rings. The molecule has 2 aromatic carbocycles. The Balaban J connectivity index is 1.63. The summed E-state index contributed by atoms with van der Waals surface area (Å²) in [5.41, 5.74) is 3.25. The van der Waals surface area contributed by atoms with Crippen LogP contribution in [0.5, 0.6) is 5.75 Å². The molecule has 4 rings (SSSR count). The first-order valence-corrected chi connectivity index (χ1v) is 11.0. The minimum absolute atomic E-state index is 0.0744. The van der Waals surface area contributed by atoms with Crippen molar-refractivity contribution < 1.29 is 14.3 Å². The maximum Gasteiger partial charge on any atom is 0.254 e. The molecular weight excluding hydrogens is 430 g/mol. The van der Waals surface area contributed by atoms with Crippen LogP contribution in [0.2, 0.25) is 0 Å². The van der Waals surface area contributed by atoms with Gasteiger partial charge in [0, 0.05) is 30.4 Å². The fraction of sp³-hybridized carbons (Fsp3) is 0.231. The summed E-state index contributed by atoms with van der Waals surface area (Å²) in [4.78, 5) is 32.3. The molecule has 0 radical (unpaired) electrons. The summed E-state index contributed by atoms with van der Waals surface area (Å²) in [6.07, 6.45) is 1.66. The third-order valence-corrected chi connectivity index (χ3v) is 5.44. The van der Waals surface area contributed by atoms with E-state index in [1.807, 2.05) is 44.2 Å². The highest BCUT2D eigenvalue weighted by atomic mass is 16.5. The second kappa shape index (κ2) is 9.74. The Bertz CT molecular complexity index is 1330. The van der Waals surface area contributed by atoms with Crippen LogP contribution in [0, 0.1) is 0 Å². The van der Waals surface area contributed by atoms with Gasteiger partial charge in [-0.05, 0) is 32.0 Å². The van der Waals surface area contributed by atoms with E-state index in [0.717, 1.165) is 5.56 Å². The van der Waals surface area contributed by atoms with Gasteiger partial charge in [-0.2, -0.15) is 5.10 Å². The van der Waals surface area contributed by atoms with E-state index >= 15 is 0 Å². The van der Waals surface area contributed by atoms with E-state index in [9.17, 15) is 9.59 Å². The molecule has 0 saturated carbocycles. The summed E-state index contributed by atoms with van der Waals surface area (Å²) < 4.78 is 6.99. The van der Waals surface area contributed by atoms with E-state index in [-0.39, 0.29) is 24.4 Å². The topological polar surface area (TPSA) is 89.3 Å². The van der Waals surface area contributed by atoms with Crippen LogP contribution in [0.15, 0.2) is 66.9 Å². The lowest BCUT2D eigenvalue weighted by Gasteiger charge is -2.18. The first-order valence-electron chi connectivity index (χ1n) is 11.0. The number of pyridine rings is 1. The van der Waals surface area contributed by atoms with E-state index in [2.05, 4.69) is 10.4 Å². The van der Waals surface area contributed by atoms with Gasteiger partial charge in [0.15, 0.2) is 5.65 Å². The lowest BCUT2D eigenvalue weighted by Crippen LogP contribution is -2.35. The zero-order valence-electron chi connectivity index (χ0n) is 19.6. The van der Waals surface area contributed by atoms with Crippen LogP contribution < -0.4 is 10.1 Å². The number of methoxy groups -OCH3 is 1. The van der Waals surface area contributed by atoms with Gasteiger partial charge in [-0.25, -0.2) is 9.67 Å². The van der Waals surface area contributed by atoms with Gasteiger partial charge in [0.1, 0.15) is 5.75 Å².